The molecule has 10 nitrogen and oxygen atoms in total. The molecule has 3 N–H and O–H groups in total. The fourth-order valence-corrected chi connectivity index (χ4v) is 5.03. The van der Waals surface area contributed by atoms with E-state index in [1.54, 1.807) is 25.1 Å². The number of para-hydroxylation sites is 1. The second-order valence-electron chi connectivity index (χ2n) is 10.1. The maximum atomic E-state index is 13.3. The van der Waals surface area contributed by atoms with Crippen LogP contribution in [0.5, 0.6) is 5.75 Å². The average molecular weight is 507 g/mol. The summed E-state index contributed by atoms with van der Waals surface area (Å²) in [5.74, 6) is 0.407. The number of aromatic hydroxyl groups is 1. The summed E-state index contributed by atoms with van der Waals surface area (Å²) in [6.45, 7) is 6.24. The van der Waals surface area contributed by atoms with Gasteiger partial charge in [-0.25, -0.2) is 4.68 Å². The summed E-state index contributed by atoms with van der Waals surface area (Å²) in [6, 6.07) is 18.8. The molecule has 3 aromatic carbocycles. The molecular weight excluding hydrogens is 480 g/mol. The predicted octanol–water partition coefficient (Wildman–Crippen LogP) is 5.67. The van der Waals surface area contributed by atoms with Crippen LogP contribution in [0, 0.1) is 6.92 Å². The molecule has 0 fully saturated rings. The summed E-state index contributed by atoms with van der Waals surface area (Å²) in [5.41, 5.74) is 6.22. The second kappa shape index (κ2) is 8.91. The third-order valence-electron chi connectivity index (χ3n) is 7.19. The summed E-state index contributed by atoms with van der Waals surface area (Å²) in [7, 11) is 0. The maximum absolute atomic E-state index is 13.3. The molecule has 6 rings (SSSR count). The minimum Gasteiger partial charge on any atom is -0.505 e. The molecule has 0 bridgehead atoms. The van der Waals surface area contributed by atoms with Gasteiger partial charge in [0, 0.05) is 11.1 Å². The summed E-state index contributed by atoms with van der Waals surface area (Å²) < 4.78 is 1.50. The van der Waals surface area contributed by atoms with Crippen molar-refractivity contribution in [2.24, 2.45) is 10.2 Å². The van der Waals surface area contributed by atoms with E-state index < -0.39 is 0 Å². The fraction of sp³-hybridized carbons (Fsp3) is 0.214. The Labute approximate surface area is 218 Å². The molecule has 1 aliphatic carbocycles. The Hall–Kier alpha value is -4.86. The summed E-state index contributed by atoms with van der Waals surface area (Å²) in [5, 5.41) is 36.7. The number of aromatic nitrogens is 6. The van der Waals surface area contributed by atoms with Crippen LogP contribution in [0.3, 0.4) is 0 Å². The van der Waals surface area contributed by atoms with E-state index in [9.17, 15) is 9.90 Å². The zero-order chi connectivity index (χ0) is 26.4. The number of H-pyrrole nitrogens is 2. The normalized spacial score (nSPS) is 14.3. The fourth-order valence-electron chi connectivity index (χ4n) is 5.03. The number of aryl methyl sites for hydroxylation is 2. The summed E-state index contributed by atoms with van der Waals surface area (Å²) in [4.78, 5) is 13.3. The molecule has 38 heavy (non-hydrogen) atoms. The van der Waals surface area contributed by atoms with Gasteiger partial charge >= 0.3 is 0 Å². The van der Waals surface area contributed by atoms with Gasteiger partial charge in [-0.3, -0.25) is 9.89 Å². The zero-order valence-electron chi connectivity index (χ0n) is 21.2. The number of fused-ring (bicyclic) bond motifs is 1. The van der Waals surface area contributed by atoms with E-state index >= 15 is 0 Å². The van der Waals surface area contributed by atoms with Crippen molar-refractivity contribution in [1.82, 2.24) is 30.4 Å². The molecule has 0 aliphatic heterocycles. The van der Waals surface area contributed by atoms with E-state index in [1.165, 1.54) is 15.8 Å². The average Bonchev–Trinajstić information content (AvgIpc) is 3.63. The lowest BCUT2D eigenvalue weighted by Crippen LogP contribution is -2.16. The highest BCUT2D eigenvalue weighted by atomic mass is 16.3. The number of benzene rings is 3. The quantitative estimate of drug-likeness (QED) is 0.264. The number of aromatic amines is 2. The Morgan fingerprint density at radius 1 is 1.03 bits per heavy atom. The van der Waals surface area contributed by atoms with Crippen LogP contribution in [0.2, 0.25) is 0 Å². The van der Waals surface area contributed by atoms with Crippen molar-refractivity contribution in [2.45, 2.75) is 39.0 Å². The number of nitrogens with one attached hydrogen (secondary N) is 2. The number of tetrazole rings is 1. The van der Waals surface area contributed by atoms with E-state index in [2.05, 4.69) is 61.9 Å². The molecule has 2 aromatic heterocycles. The minimum atomic E-state index is -0.300. The van der Waals surface area contributed by atoms with Gasteiger partial charge in [0.25, 0.3) is 5.56 Å². The van der Waals surface area contributed by atoms with Gasteiger partial charge in [-0.2, -0.15) is 5.21 Å². The molecule has 0 saturated carbocycles. The molecule has 0 amide bonds. The lowest BCUT2D eigenvalue weighted by atomic mass is 9.86. The SMILES string of the molecule is Cc1[nH]n(-c2ccc3c(c2)C(C)(C)CC3)c(=O)c1N=Nc1cccc(-c2cccc(-c3nn[nH]n3)c2)c1O. The van der Waals surface area contributed by atoms with Crippen molar-refractivity contribution in [3.05, 3.63) is 87.8 Å². The van der Waals surface area contributed by atoms with E-state index in [-0.39, 0.29) is 28.1 Å². The molecule has 2 heterocycles. The van der Waals surface area contributed by atoms with Crippen LogP contribution in [0.1, 0.15) is 37.1 Å². The molecule has 1 aliphatic rings. The molecule has 0 radical (unpaired) electrons. The second-order valence-corrected chi connectivity index (χ2v) is 10.1. The zero-order valence-corrected chi connectivity index (χ0v) is 21.2. The third-order valence-corrected chi connectivity index (χ3v) is 7.19. The Bertz CT molecular complexity index is 1750. The molecular formula is C28H26N8O2. The molecule has 0 saturated heterocycles. The number of hydrogen-bond donors (Lipinski definition) is 3. The van der Waals surface area contributed by atoms with E-state index in [0.717, 1.165) is 29.7 Å². The first kappa shape index (κ1) is 23.5. The van der Waals surface area contributed by atoms with Crippen LogP contribution < -0.4 is 5.56 Å². The number of phenols is 1. The van der Waals surface area contributed by atoms with Gasteiger partial charge in [0.15, 0.2) is 11.4 Å². The molecule has 0 atom stereocenters. The summed E-state index contributed by atoms with van der Waals surface area (Å²) >= 11 is 0. The Morgan fingerprint density at radius 3 is 2.66 bits per heavy atom. The highest BCUT2D eigenvalue weighted by Crippen LogP contribution is 2.40. The van der Waals surface area contributed by atoms with Crippen LogP contribution in [0.25, 0.3) is 28.2 Å². The number of azo groups is 1. The number of phenolic OH excluding ortho intramolecular Hbond substituents is 1. The highest BCUT2D eigenvalue weighted by molar-refractivity contribution is 5.78. The Balaban J connectivity index is 1.33. The topological polar surface area (TPSA) is 137 Å². The van der Waals surface area contributed by atoms with Gasteiger partial charge in [0.2, 0.25) is 5.82 Å². The Kier molecular flexibility index (Phi) is 5.52. The van der Waals surface area contributed by atoms with Crippen LogP contribution in [0.4, 0.5) is 11.4 Å². The number of nitrogens with zero attached hydrogens (tertiary/aromatic N) is 6. The van der Waals surface area contributed by atoms with Crippen molar-refractivity contribution < 1.29 is 5.11 Å². The van der Waals surface area contributed by atoms with Crippen molar-refractivity contribution in [2.75, 3.05) is 0 Å². The van der Waals surface area contributed by atoms with Crippen molar-refractivity contribution in [1.29, 1.82) is 0 Å². The predicted molar refractivity (Wildman–Crippen MR) is 143 cm³/mol. The third kappa shape index (κ3) is 4.00. The van der Waals surface area contributed by atoms with Gasteiger partial charge in [-0.1, -0.05) is 50.2 Å². The summed E-state index contributed by atoms with van der Waals surface area (Å²) in [6.07, 6.45) is 2.14. The van der Waals surface area contributed by atoms with Crippen LogP contribution in [-0.2, 0) is 11.8 Å². The highest BCUT2D eigenvalue weighted by Gasteiger charge is 2.30. The monoisotopic (exact) mass is 506 g/mol. The first-order chi connectivity index (χ1) is 18.3. The first-order valence-electron chi connectivity index (χ1n) is 12.4. The van der Waals surface area contributed by atoms with Crippen molar-refractivity contribution >= 4 is 11.4 Å². The van der Waals surface area contributed by atoms with Crippen LogP contribution in [-0.4, -0.2) is 35.5 Å². The van der Waals surface area contributed by atoms with Gasteiger partial charge in [-0.05, 0) is 71.3 Å². The lowest BCUT2D eigenvalue weighted by Gasteiger charge is -2.19. The van der Waals surface area contributed by atoms with E-state index in [1.807, 2.05) is 30.3 Å². The maximum Gasteiger partial charge on any atom is 0.299 e. The lowest BCUT2D eigenvalue weighted by molar-refractivity contribution is 0.478. The van der Waals surface area contributed by atoms with E-state index in [0.29, 0.717) is 17.1 Å². The molecule has 0 unspecified atom stereocenters. The molecule has 10 heteroatoms. The molecule has 5 aromatic rings. The first-order valence-corrected chi connectivity index (χ1v) is 12.4. The van der Waals surface area contributed by atoms with Gasteiger partial charge in [0.1, 0.15) is 5.69 Å². The van der Waals surface area contributed by atoms with Crippen LogP contribution >= 0.6 is 0 Å². The van der Waals surface area contributed by atoms with Gasteiger partial charge in [-0.15, -0.1) is 20.4 Å². The minimum absolute atomic E-state index is 0.0455. The number of rotatable bonds is 5. The van der Waals surface area contributed by atoms with Gasteiger partial charge < -0.3 is 5.11 Å². The van der Waals surface area contributed by atoms with Crippen LogP contribution in [0.15, 0.2) is 75.7 Å². The smallest absolute Gasteiger partial charge is 0.299 e. The van der Waals surface area contributed by atoms with Gasteiger partial charge in [0.05, 0.1) is 11.4 Å². The van der Waals surface area contributed by atoms with Crippen molar-refractivity contribution in [3.8, 4) is 34.0 Å². The standard InChI is InChI=1S/C28H26N8O2/c1-16-24(27(38)36(33-16)20-11-10-17-12-13-28(2,3)22(17)15-20)30-29-23-9-5-8-21(25(23)37)18-6-4-7-19(14-18)26-31-34-35-32-26/h4-11,14-15,33,37H,12-13H2,1-3H3,(H,31,32,34,35). The van der Waals surface area contributed by atoms with E-state index in [4.69, 9.17) is 0 Å². The van der Waals surface area contributed by atoms with Crippen molar-refractivity contribution in [3.63, 3.8) is 0 Å². The largest absolute Gasteiger partial charge is 0.505 e. The number of hydrogen-bond acceptors (Lipinski definition) is 7. The molecule has 190 valence electrons. The molecule has 0 spiro atoms. The Morgan fingerprint density at radius 2 is 1.84 bits per heavy atom.